The number of ether oxygens (including phenoxy) is 1. The van der Waals surface area contributed by atoms with Crippen LogP contribution in [0, 0.1) is 16.7 Å². The Hall–Kier alpha value is -0.790. The normalized spacial score (nSPS) is 38.8. The van der Waals surface area contributed by atoms with Gasteiger partial charge in [0.15, 0.2) is 0 Å². The molecule has 2 saturated carbocycles. The molecule has 0 N–H and O–H groups in total. The van der Waals surface area contributed by atoms with Gasteiger partial charge in [0.05, 0.1) is 12.5 Å². The summed E-state index contributed by atoms with van der Waals surface area (Å²) in [5, 5.41) is 0. The van der Waals surface area contributed by atoms with Gasteiger partial charge in [0.2, 0.25) is 0 Å². The third-order valence-corrected chi connectivity index (χ3v) is 4.47. The third kappa shape index (κ3) is 0.891. The van der Waals surface area contributed by atoms with E-state index in [0.717, 1.165) is 24.8 Å². The minimum absolute atomic E-state index is 0.0735. The third-order valence-electron chi connectivity index (χ3n) is 4.47. The molecule has 2 nitrogen and oxygen atoms in total. The van der Waals surface area contributed by atoms with Crippen molar-refractivity contribution < 1.29 is 9.53 Å². The van der Waals surface area contributed by atoms with E-state index in [-0.39, 0.29) is 16.8 Å². The molecular formula is C12H18O2. The number of carbonyl (C=O) groups is 1. The first-order valence-corrected chi connectivity index (χ1v) is 5.23. The highest BCUT2D eigenvalue weighted by atomic mass is 16.5. The summed E-state index contributed by atoms with van der Waals surface area (Å²) < 4.78 is 4.92. The second kappa shape index (κ2) is 2.62. The van der Waals surface area contributed by atoms with E-state index in [1.807, 2.05) is 0 Å². The summed E-state index contributed by atoms with van der Waals surface area (Å²) in [5.41, 5.74) is 0.864. The van der Waals surface area contributed by atoms with E-state index in [1.165, 1.54) is 7.11 Å². The zero-order valence-electron chi connectivity index (χ0n) is 9.22. The number of rotatable bonds is 1. The minimum atomic E-state index is -0.344. The van der Waals surface area contributed by atoms with Gasteiger partial charge in [0.1, 0.15) is 0 Å². The van der Waals surface area contributed by atoms with Gasteiger partial charge in [-0.15, -0.1) is 0 Å². The van der Waals surface area contributed by atoms with Crippen molar-refractivity contribution in [3.8, 4) is 0 Å². The van der Waals surface area contributed by atoms with Gasteiger partial charge >= 0.3 is 5.97 Å². The van der Waals surface area contributed by atoms with Gasteiger partial charge in [0, 0.05) is 0 Å². The van der Waals surface area contributed by atoms with Crippen molar-refractivity contribution >= 4 is 5.97 Å². The maximum Gasteiger partial charge on any atom is 0.315 e. The number of hydrogen-bond donors (Lipinski definition) is 0. The van der Waals surface area contributed by atoms with Gasteiger partial charge in [-0.05, 0) is 30.6 Å². The zero-order valence-corrected chi connectivity index (χ0v) is 9.22. The second-order valence-corrected chi connectivity index (χ2v) is 5.21. The Morgan fingerprint density at radius 1 is 1.57 bits per heavy atom. The van der Waals surface area contributed by atoms with E-state index >= 15 is 0 Å². The fraction of sp³-hybridized carbons (Fsp3) is 0.750. The van der Waals surface area contributed by atoms with Gasteiger partial charge < -0.3 is 4.74 Å². The number of fused-ring (bicyclic) bond motifs is 2. The monoisotopic (exact) mass is 194 g/mol. The number of esters is 1. The van der Waals surface area contributed by atoms with Crippen molar-refractivity contribution in [3.05, 3.63) is 12.2 Å². The standard InChI is InChI=1S/C12H18O2/c1-8-11(2,3)9-5-6-12(8,7-9)10(13)14-4/h9H,1,5-7H2,2-4H3/t9-,12-/m1/s1. The minimum Gasteiger partial charge on any atom is -0.468 e. The maximum absolute atomic E-state index is 11.8. The lowest BCUT2D eigenvalue weighted by Gasteiger charge is -2.36. The van der Waals surface area contributed by atoms with E-state index in [2.05, 4.69) is 20.4 Å². The van der Waals surface area contributed by atoms with Gasteiger partial charge in [-0.25, -0.2) is 0 Å². The van der Waals surface area contributed by atoms with Crippen LogP contribution in [0.15, 0.2) is 12.2 Å². The Morgan fingerprint density at radius 2 is 2.21 bits per heavy atom. The predicted molar refractivity (Wildman–Crippen MR) is 54.7 cm³/mol. The highest BCUT2D eigenvalue weighted by Crippen LogP contribution is 2.65. The molecule has 2 bridgehead atoms. The molecule has 2 rings (SSSR count). The molecule has 0 amide bonds. The molecule has 0 unspecified atom stereocenters. The average Bonchev–Trinajstić information content (AvgIpc) is 2.66. The van der Waals surface area contributed by atoms with E-state index in [9.17, 15) is 4.79 Å². The summed E-state index contributed by atoms with van der Waals surface area (Å²) >= 11 is 0. The second-order valence-electron chi connectivity index (χ2n) is 5.21. The number of carbonyl (C=O) groups excluding carboxylic acids is 1. The molecule has 0 aromatic carbocycles. The Balaban J connectivity index is 2.40. The van der Waals surface area contributed by atoms with Gasteiger partial charge in [0.25, 0.3) is 0 Å². The summed E-state index contributed by atoms with van der Waals surface area (Å²) in [7, 11) is 1.48. The lowest BCUT2D eigenvalue weighted by molar-refractivity contribution is -0.150. The molecule has 2 aliphatic carbocycles. The van der Waals surface area contributed by atoms with Gasteiger partial charge in [-0.1, -0.05) is 26.0 Å². The fourth-order valence-corrected chi connectivity index (χ4v) is 3.30. The first-order chi connectivity index (χ1) is 6.45. The van der Waals surface area contributed by atoms with Crippen LogP contribution in [-0.4, -0.2) is 13.1 Å². The predicted octanol–water partition coefficient (Wildman–Crippen LogP) is 2.54. The molecule has 0 aromatic rings. The van der Waals surface area contributed by atoms with Crippen LogP contribution in [0.1, 0.15) is 33.1 Å². The lowest BCUT2D eigenvalue weighted by Crippen LogP contribution is -2.34. The Kier molecular flexibility index (Phi) is 1.82. The van der Waals surface area contributed by atoms with Crippen LogP contribution in [-0.2, 0) is 9.53 Å². The molecule has 0 radical (unpaired) electrons. The van der Waals surface area contributed by atoms with E-state index in [1.54, 1.807) is 0 Å². The summed E-state index contributed by atoms with van der Waals surface area (Å²) in [6.07, 6.45) is 3.03. The van der Waals surface area contributed by atoms with Crippen molar-refractivity contribution in [1.29, 1.82) is 0 Å². The molecular weight excluding hydrogens is 176 g/mol. The van der Waals surface area contributed by atoms with Crippen LogP contribution in [0.5, 0.6) is 0 Å². The summed E-state index contributed by atoms with van der Waals surface area (Å²) in [5.74, 6) is 0.546. The van der Waals surface area contributed by atoms with Crippen molar-refractivity contribution in [2.45, 2.75) is 33.1 Å². The Bertz CT molecular complexity index is 303. The Labute approximate surface area is 85.3 Å². The maximum atomic E-state index is 11.8. The quantitative estimate of drug-likeness (QED) is 0.473. The average molecular weight is 194 g/mol. The molecule has 0 saturated heterocycles. The smallest absolute Gasteiger partial charge is 0.315 e. The topological polar surface area (TPSA) is 26.3 Å². The van der Waals surface area contributed by atoms with Gasteiger partial charge in [-0.3, -0.25) is 4.79 Å². The largest absolute Gasteiger partial charge is 0.468 e. The summed E-state index contributed by atoms with van der Waals surface area (Å²) in [6, 6.07) is 0. The van der Waals surface area contributed by atoms with Crippen LogP contribution in [0.4, 0.5) is 0 Å². The van der Waals surface area contributed by atoms with Gasteiger partial charge in [-0.2, -0.15) is 0 Å². The first kappa shape index (κ1) is 9.75. The van der Waals surface area contributed by atoms with Crippen LogP contribution in [0.3, 0.4) is 0 Å². The van der Waals surface area contributed by atoms with Crippen molar-refractivity contribution in [1.82, 2.24) is 0 Å². The molecule has 2 heteroatoms. The fourth-order valence-electron chi connectivity index (χ4n) is 3.30. The molecule has 0 aromatic heterocycles. The summed E-state index contributed by atoms with van der Waals surface area (Å²) in [4.78, 5) is 11.8. The molecule has 78 valence electrons. The molecule has 0 heterocycles. The van der Waals surface area contributed by atoms with Crippen LogP contribution in [0.2, 0.25) is 0 Å². The molecule has 0 aliphatic heterocycles. The van der Waals surface area contributed by atoms with Crippen molar-refractivity contribution in [2.24, 2.45) is 16.7 Å². The van der Waals surface area contributed by atoms with Crippen LogP contribution >= 0.6 is 0 Å². The van der Waals surface area contributed by atoms with Crippen LogP contribution in [0.25, 0.3) is 0 Å². The van der Waals surface area contributed by atoms with Crippen LogP contribution < -0.4 is 0 Å². The van der Waals surface area contributed by atoms with Crippen molar-refractivity contribution in [2.75, 3.05) is 7.11 Å². The molecule has 2 atom stereocenters. The SMILES string of the molecule is C=C1C(C)(C)[C@@H]2CC[C@@]1(C(=O)OC)C2. The van der Waals surface area contributed by atoms with Crippen molar-refractivity contribution in [3.63, 3.8) is 0 Å². The first-order valence-electron chi connectivity index (χ1n) is 5.23. The Morgan fingerprint density at radius 3 is 2.64 bits per heavy atom. The van der Waals surface area contributed by atoms with E-state index in [0.29, 0.717) is 5.92 Å². The zero-order chi connectivity index (χ0) is 10.6. The lowest BCUT2D eigenvalue weighted by atomic mass is 9.68. The van der Waals surface area contributed by atoms with E-state index in [4.69, 9.17) is 4.74 Å². The van der Waals surface area contributed by atoms with E-state index < -0.39 is 0 Å². The highest BCUT2D eigenvalue weighted by Gasteiger charge is 2.61. The number of methoxy groups -OCH3 is 1. The molecule has 2 aliphatic rings. The molecule has 0 spiro atoms. The summed E-state index contributed by atoms with van der Waals surface area (Å²) in [6.45, 7) is 8.53. The molecule has 14 heavy (non-hydrogen) atoms. The number of hydrogen-bond acceptors (Lipinski definition) is 2. The molecule has 2 fully saturated rings. The highest BCUT2D eigenvalue weighted by molar-refractivity contribution is 5.82.